The van der Waals surface area contributed by atoms with Crippen LogP contribution < -0.4 is 16.4 Å². The summed E-state index contributed by atoms with van der Waals surface area (Å²) in [6.07, 6.45) is 0.328. The van der Waals surface area contributed by atoms with Crippen LogP contribution in [0.2, 0.25) is 10.0 Å². The fourth-order valence-corrected chi connectivity index (χ4v) is 4.55. The third-order valence-electron chi connectivity index (χ3n) is 5.92. The van der Waals surface area contributed by atoms with Crippen molar-refractivity contribution in [1.82, 2.24) is 10.2 Å². The van der Waals surface area contributed by atoms with Gasteiger partial charge in [-0.1, -0.05) is 65.7 Å². The van der Waals surface area contributed by atoms with E-state index < -0.39 is 6.04 Å². The molecule has 0 radical (unpaired) electrons. The van der Waals surface area contributed by atoms with Crippen molar-refractivity contribution in [3.63, 3.8) is 0 Å². The predicted molar refractivity (Wildman–Crippen MR) is 136 cm³/mol. The third-order valence-corrected chi connectivity index (χ3v) is 6.50. The predicted octanol–water partition coefficient (Wildman–Crippen LogP) is 5.29. The first-order chi connectivity index (χ1) is 16.3. The number of hydrogen-bond acceptors (Lipinski definition) is 3. The van der Waals surface area contributed by atoms with Crippen molar-refractivity contribution in [2.75, 3.05) is 5.32 Å². The largest absolute Gasteiger partial charge is 0.333 e. The van der Waals surface area contributed by atoms with Crippen molar-refractivity contribution in [2.24, 2.45) is 5.73 Å². The minimum absolute atomic E-state index is 0.126. The SMILES string of the molecule is C[C@H](NC(=O)Nc1ccc2c(c1)CN(C(=O)[C@H](N)Cc1ccc(Cl)cc1Cl)C2)c1ccccc1. The maximum atomic E-state index is 13.0. The highest BCUT2D eigenvalue weighted by Gasteiger charge is 2.28. The molecule has 0 saturated carbocycles. The smallest absolute Gasteiger partial charge is 0.319 e. The monoisotopic (exact) mass is 496 g/mol. The minimum Gasteiger partial charge on any atom is -0.333 e. The molecule has 1 aliphatic rings. The molecule has 4 N–H and O–H groups in total. The van der Waals surface area contributed by atoms with E-state index in [9.17, 15) is 9.59 Å². The highest BCUT2D eigenvalue weighted by atomic mass is 35.5. The quantitative estimate of drug-likeness (QED) is 0.433. The van der Waals surface area contributed by atoms with Crippen molar-refractivity contribution in [2.45, 2.75) is 38.5 Å². The fourth-order valence-electron chi connectivity index (χ4n) is 4.06. The number of halogens is 2. The second kappa shape index (κ2) is 10.5. The molecule has 3 aromatic carbocycles. The first kappa shape index (κ1) is 24.1. The second-order valence-corrected chi connectivity index (χ2v) is 9.30. The van der Waals surface area contributed by atoms with Gasteiger partial charge in [-0.05, 0) is 59.9 Å². The van der Waals surface area contributed by atoms with Gasteiger partial charge >= 0.3 is 6.03 Å². The van der Waals surface area contributed by atoms with E-state index in [1.165, 1.54) is 0 Å². The highest BCUT2D eigenvalue weighted by molar-refractivity contribution is 6.35. The van der Waals surface area contributed by atoms with Crippen LogP contribution in [-0.4, -0.2) is 22.9 Å². The Bertz CT molecular complexity index is 1200. The number of rotatable bonds is 6. The van der Waals surface area contributed by atoms with Crippen LogP contribution in [-0.2, 0) is 24.3 Å². The van der Waals surface area contributed by atoms with Gasteiger partial charge in [-0.2, -0.15) is 0 Å². The average molecular weight is 497 g/mol. The molecule has 0 saturated heterocycles. The lowest BCUT2D eigenvalue weighted by Gasteiger charge is -2.20. The second-order valence-electron chi connectivity index (χ2n) is 8.45. The molecule has 3 amide bonds. The van der Waals surface area contributed by atoms with Crippen molar-refractivity contribution in [1.29, 1.82) is 0 Å². The molecule has 0 bridgehead atoms. The van der Waals surface area contributed by atoms with Crippen LogP contribution in [0.25, 0.3) is 0 Å². The molecule has 3 aromatic rings. The van der Waals surface area contributed by atoms with Crippen molar-refractivity contribution in [3.8, 4) is 0 Å². The Morgan fingerprint density at radius 1 is 1.00 bits per heavy atom. The molecule has 0 aliphatic carbocycles. The van der Waals surface area contributed by atoms with Gasteiger partial charge in [0, 0.05) is 28.8 Å². The maximum Gasteiger partial charge on any atom is 0.319 e. The van der Waals surface area contributed by atoms with E-state index in [2.05, 4.69) is 10.6 Å². The number of anilines is 1. The summed E-state index contributed by atoms with van der Waals surface area (Å²) in [6, 6.07) is 19.5. The summed E-state index contributed by atoms with van der Waals surface area (Å²) < 4.78 is 0. The van der Waals surface area contributed by atoms with Gasteiger partial charge in [0.05, 0.1) is 12.1 Å². The Morgan fingerprint density at radius 2 is 1.74 bits per heavy atom. The van der Waals surface area contributed by atoms with Crippen LogP contribution in [0, 0.1) is 0 Å². The first-order valence-electron chi connectivity index (χ1n) is 11.0. The molecule has 0 unspecified atom stereocenters. The van der Waals surface area contributed by atoms with Gasteiger partial charge in [0.15, 0.2) is 0 Å². The summed E-state index contributed by atoms with van der Waals surface area (Å²) in [5, 5.41) is 6.85. The van der Waals surface area contributed by atoms with Crippen LogP contribution in [0.5, 0.6) is 0 Å². The number of urea groups is 1. The molecule has 34 heavy (non-hydrogen) atoms. The van der Waals surface area contributed by atoms with Crippen molar-refractivity contribution in [3.05, 3.63) is 99.0 Å². The van der Waals surface area contributed by atoms with Crippen LogP contribution in [0.1, 0.15) is 35.2 Å². The summed E-state index contributed by atoms with van der Waals surface area (Å²) in [6.45, 7) is 2.85. The summed E-state index contributed by atoms with van der Waals surface area (Å²) >= 11 is 12.2. The van der Waals surface area contributed by atoms with E-state index in [-0.39, 0.29) is 18.0 Å². The molecule has 4 rings (SSSR count). The van der Waals surface area contributed by atoms with E-state index >= 15 is 0 Å². The number of nitrogens with zero attached hydrogens (tertiary/aromatic N) is 1. The van der Waals surface area contributed by atoms with E-state index in [1.807, 2.05) is 55.5 Å². The van der Waals surface area contributed by atoms with Crippen LogP contribution in [0.3, 0.4) is 0 Å². The molecule has 2 atom stereocenters. The summed E-state index contributed by atoms with van der Waals surface area (Å²) in [5.41, 5.74) is 10.7. The Balaban J connectivity index is 1.35. The molecule has 0 fully saturated rings. The van der Waals surface area contributed by atoms with Crippen molar-refractivity contribution >= 4 is 40.8 Å². The fraction of sp³-hybridized carbons (Fsp3) is 0.231. The summed E-state index contributed by atoms with van der Waals surface area (Å²) in [5.74, 6) is -0.147. The molecular weight excluding hydrogens is 471 g/mol. The van der Waals surface area contributed by atoms with E-state index in [0.29, 0.717) is 35.2 Å². The molecule has 1 heterocycles. The van der Waals surface area contributed by atoms with Gasteiger partial charge in [0.2, 0.25) is 5.91 Å². The number of fused-ring (bicyclic) bond motifs is 1. The topological polar surface area (TPSA) is 87.5 Å². The Labute approximate surface area is 209 Å². The average Bonchev–Trinajstić information content (AvgIpc) is 3.24. The van der Waals surface area contributed by atoms with Gasteiger partial charge in [0.25, 0.3) is 0 Å². The molecule has 0 aromatic heterocycles. The van der Waals surface area contributed by atoms with Gasteiger partial charge in [-0.25, -0.2) is 4.79 Å². The standard InChI is InChI=1S/C26H26Cl2N4O2/c1-16(17-5-3-2-4-6-17)30-26(34)31-22-10-8-19-14-32(15-20(19)11-22)25(33)24(29)12-18-7-9-21(27)13-23(18)28/h2-11,13,16,24H,12,14-15,29H2,1H3,(H2,30,31,34)/t16-,24+/m0/s1. The number of amides is 3. The number of hydrogen-bond donors (Lipinski definition) is 3. The Morgan fingerprint density at radius 3 is 2.47 bits per heavy atom. The number of nitrogens with two attached hydrogens (primary N) is 1. The van der Waals surface area contributed by atoms with Gasteiger partial charge in [-0.15, -0.1) is 0 Å². The lowest BCUT2D eigenvalue weighted by Crippen LogP contribution is -2.42. The molecule has 1 aliphatic heterocycles. The number of carbonyl (C=O) groups excluding carboxylic acids is 2. The third kappa shape index (κ3) is 5.70. The normalized spacial score (nSPS) is 14.3. The zero-order valence-electron chi connectivity index (χ0n) is 18.7. The van der Waals surface area contributed by atoms with Crippen molar-refractivity contribution < 1.29 is 9.59 Å². The van der Waals surface area contributed by atoms with Gasteiger partial charge < -0.3 is 21.3 Å². The highest BCUT2D eigenvalue weighted by Crippen LogP contribution is 2.27. The van der Waals surface area contributed by atoms with E-state index in [0.717, 1.165) is 22.3 Å². The molecule has 176 valence electrons. The molecule has 6 nitrogen and oxygen atoms in total. The van der Waals surface area contributed by atoms with E-state index in [4.69, 9.17) is 28.9 Å². The molecular formula is C26H26Cl2N4O2. The van der Waals surface area contributed by atoms with E-state index in [1.54, 1.807) is 23.1 Å². The van der Waals surface area contributed by atoms with Crippen LogP contribution in [0.4, 0.5) is 10.5 Å². The Hall–Kier alpha value is -3.06. The number of benzene rings is 3. The minimum atomic E-state index is -0.712. The molecule has 0 spiro atoms. The lowest BCUT2D eigenvalue weighted by atomic mass is 10.1. The van der Waals surface area contributed by atoms with Crippen LogP contribution >= 0.6 is 23.2 Å². The van der Waals surface area contributed by atoms with Gasteiger partial charge in [0.1, 0.15) is 0 Å². The first-order valence-corrected chi connectivity index (χ1v) is 11.8. The number of nitrogens with one attached hydrogen (secondary N) is 2. The maximum absolute atomic E-state index is 13.0. The molecule has 8 heteroatoms. The zero-order valence-corrected chi connectivity index (χ0v) is 20.2. The number of carbonyl (C=O) groups is 2. The van der Waals surface area contributed by atoms with Gasteiger partial charge in [-0.3, -0.25) is 4.79 Å². The summed E-state index contributed by atoms with van der Waals surface area (Å²) in [7, 11) is 0. The summed E-state index contributed by atoms with van der Waals surface area (Å²) in [4.78, 5) is 27.1. The lowest BCUT2D eigenvalue weighted by molar-refractivity contribution is -0.133. The Kier molecular flexibility index (Phi) is 7.41. The zero-order chi connectivity index (χ0) is 24.2. The van der Waals surface area contributed by atoms with Crippen LogP contribution in [0.15, 0.2) is 66.7 Å².